The van der Waals surface area contributed by atoms with Crippen molar-refractivity contribution < 1.29 is 0 Å². The highest BCUT2D eigenvalue weighted by atomic mass is 14.9. The van der Waals surface area contributed by atoms with Gasteiger partial charge in [0.25, 0.3) is 0 Å². The number of hydrogen-bond donors (Lipinski definition) is 1. The second kappa shape index (κ2) is 5.23. The Kier molecular flexibility index (Phi) is 3.46. The molecule has 0 unspecified atom stereocenters. The second-order valence-corrected chi connectivity index (χ2v) is 5.88. The van der Waals surface area contributed by atoms with Crippen molar-refractivity contribution >= 4 is 0 Å². The minimum atomic E-state index is 0.571. The van der Waals surface area contributed by atoms with Crippen LogP contribution in [0.1, 0.15) is 31.2 Å². The van der Waals surface area contributed by atoms with Crippen LogP contribution in [0.3, 0.4) is 0 Å². The van der Waals surface area contributed by atoms with E-state index in [9.17, 15) is 0 Å². The summed E-state index contributed by atoms with van der Waals surface area (Å²) in [7, 11) is 0. The van der Waals surface area contributed by atoms with Gasteiger partial charge in [0.1, 0.15) is 0 Å². The molecule has 0 radical (unpaired) electrons. The van der Waals surface area contributed by atoms with Gasteiger partial charge in [-0.05, 0) is 60.8 Å². The van der Waals surface area contributed by atoms with Crippen molar-refractivity contribution in [3.63, 3.8) is 0 Å². The third-order valence-corrected chi connectivity index (χ3v) is 4.55. The highest BCUT2D eigenvalue weighted by Gasteiger charge is 2.34. The molecule has 3 rings (SSSR count). The van der Waals surface area contributed by atoms with Crippen LogP contribution in [0.4, 0.5) is 0 Å². The molecule has 1 N–H and O–H groups in total. The lowest BCUT2D eigenvalue weighted by atomic mass is 9.93. The van der Waals surface area contributed by atoms with Crippen LogP contribution in [0, 0.1) is 17.8 Å². The van der Waals surface area contributed by atoms with E-state index in [4.69, 9.17) is 0 Å². The molecule has 0 aromatic carbocycles. The smallest absolute Gasteiger partial charge is 0.0270 e. The minimum Gasteiger partial charge on any atom is -0.316 e. The first kappa shape index (κ1) is 11.9. The molecule has 2 nitrogen and oxygen atoms in total. The number of hydrogen-bond acceptors (Lipinski definition) is 2. The Morgan fingerprint density at radius 1 is 1.28 bits per heavy atom. The van der Waals surface area contributed by atoms with Gasteiger partial charge in [0, 0.05) is 18.9 Å². The minimum absolute atomic E-state index is 0.571. The zero-order valence-corrected chi connectivity index (χ0v) is 11.0. The first-order chi connectivity index (χ1) is 8.83. The molecule has 4 atom stereocenters. The summed E-state index contributed by atoms with van der Waals surface area (Å²) in [5.41, 5.74) is 1.38. The molecule has 2 aliphatic rings. The van der Waals surface area contributed by atoms with E-state index in [1.807, 2.05) is 12.4 Å². The largest absolute Gasteiger partial charge is 0.316 e. The predicted octanol–water partition coefficient (Wildman–Crippen LogP) is 2.99. The molecule has 2 heteroatoms. The lowest BCUT2D eigenvalue weighted by Gasteiger charge is -2.20. The number of aromatic nitrogens is 1. The van der Waals surface area contributed by atoms with Crippen molar-refractivity contribution in [2.24, 2.45) is 17.8 Å². The molecule has 1 heterocycles. The Bertz CT molecular complexity index is 412. The van der Waals surface area contributed by atoms with Crippen molar-refractivity contribution in [2.75, 3.05) is 13.1 Å². The molecule has 18 heavy (non-hydrogen) atoms. The van der Waals surface area contributed by atoms with Crippen molar-refractivity contribution in [2.45, 2.75) is 25.7 Å². The summed E-state index contributed by atoms with van der Waals surface area (Å²) >= 11 is 0. The SMILES string of the molecule is C[C@H](CNC[C@H]1C[C@H]2C=C[C@H]1C2)c1ccncc1. The van der Waals surface area contributed by atoms with Gasteiger partial charge in [-0.2, -0.15) is 0 Å². The second-order valence-electron chi connectivity index (χ2n) is 5.88. The highest BCUT2D eigenvalue weighted by Crippen LogP contribution is 2.42. The van der Waals surface area contributed by atoms with Gasteiger partial charge in [-0.3, -0.25) is 4.98 Å². The molecule has 0 aliphatic heterocycles. The highest BCUT2D eigenvalue weighted by molar-refractivity contribution is 5.15. The van der Waals surface area contributed by atoms with Gasteiger partial charge in [0.2, 0.25) is 0 Å². The van der Waals surface area contributed by atoms with Gasteiger partial charge in [0.15, 0.2) is 0 Å². The van der Waals surface area contributed by atoms with E-state index in [-0.39, 0.29) is 0 Å². The molecule has 0 spiro atoms. The molecular weight excluding hydrogens is 220 g/mol. The molecule has 0 saturated heterocycles. The maximum atomic E-state index is 4.07. The van der Waals surface area contributed by atoms with Crippen LogP contribution < -0.4 is 5.32 Å². The summed E-state index contributed by atoms with van der Waals surface area (Å²) in [5, 5.41) is 3.66. The molecule has 1 aromatic rings. The molecule has 1 fully saturated rings. The fourth-order valence-corrected chi connectivity index (χ4v) is 3.42. The maximum absolute atomic E-state index is 4.07. The Morgan fingerprint density at radius 2 is 2.11 bits per heavy atom. The van der Waals surface area contributed by atoms with Crippen LogP contribution in [-0.4, -0.2) is 18.1 Å². The third-order valence-electron chi connectivity index (χ3n) is 4.55. The monoisotopic (exact) mass is 242 g/mol. The molecular formula is C16H22N2. The topological polar surface area (TPSA) is 24.9 Å². The number of nitrogens with one attached hydrogen (secondary N) is 1. The number of fused-ring (bicyclic) bond motifs is 2. The molecule has 2 aliphatic carbocycles. The molecule has 0 amide bonds. The average molecular weight is 242 g/mol. The van der Waals surface area contributed by atoms with E-state index in [1.165, 1.54) is 24.9 Å². The van der Waals surface area contributed by atoms with E-state index in [0.29, 0.717) is 5.92 Å². The first-order valence-corrected chi connectivity index (χ1v) is 7.12. The lowest BCUT2D eigenvalue weighted by molar-refractivity contribution is 0.409. The van der Waals surface area contributed by atoms with Gasteiger partial charge >= 0.3 is 0 Å². The maximum Gasteiger partial charge on any atom is 0.0270 e. The van der Waals surface area contributed by atoms with E-state index in [0.717, 1.165) is 24.3 Å². The molecule has 2 bridgehead atoms. The molecule has 1 saturated carbocycles. The lowest BCUT2D eigenvalue weighted by Crippen LogP contribution is -2.28. The van der Waals surface area contributed by atoms with Crippen LogP contribution in [0.25, 0.3) is 0 Å². The normalized spacial score (nSPS) is 30.8. The fraction of sp³-hybridized carbons (Fsp3) is 0.562. The van der Waals surface area contributed by atoms with Gasteiger partial charge in [-0.25, -0.2) is 0 Å². The van der Waals surface area contributed by atoms with Crippen molar-refractivity contribution in [3.05, 3.63) is 42.2 Å². The number of nitrogens with zero attached hydrogens (tertiary/aromatic N) is 1. The Labute approximate surface area is 110 Å². The summed E-state index contributed by atoms with van der Waals surface area (Å²) in [4.78, 5) is 4.07. The van der Waals surface area contributed by atoms with Crippen molar-refractivity contribution in [1.82, 2.24) is 10.3 Å². The molecule has 96 valence electrons. The van der Waals surface area contributed by atoms with Gasteiger partial charge < -0.3 is 5.32 Å². The first-order valence-electron chi connectivity index (χ1n) is 7.12. The van der Waals surface area contributed by atoms with Crippen LogP contribution in [0.2, 0.25) is 0 Å². The average Bonchev–Trinajstić information content (AvgIpc) is 3.02. The zero-order valence-electron chi connectivity index (χ0n) is 11.0. The Balaban J connectivity index is 1.44. The summed E-state index contributed by atoms with van der Waals surface area (Å²) in [6.45, 7) is 4.53. The van der Waals surface area contributed by atoms with E-state index >= 15 is 0 Å². The van der Waals surface area contributed by atoms with E-state index in [2.05, 4.69) is 41.5 Å². The summed E-state index contributed by atoms with van der Waals surface area (Å²) < 4.78 is 0. The predicted molar refractivity (Wildman–Crippen MR) is 74.4 cm³/mol. The standard InChI is InChI=1S/C16H22N2/c1-12(14-4-6-17-7-5-14)10-18-11-16-9-13-2-3-15(16)8-13/h2-7,12-13,15-16,18H,8-11H2,1H3/t12-,13+,15+,16-/m1/s1. The summed E-state index contributed by atoms with van der Waals surface area (Å²) in [6, 6.07) is 4.24. The van der Waals surface area contributed by atoms with Crippen LogP contribution in [0.5, 0.6) is 0 Å². The third kappa shape index (κ3) is 2.49. The number of pyridine rings is 1. The Hall–Kier alpha value is -1.15. The summed E-state index contributed by atoms with van der Waals surface area (Å²) in [6.07, 6.45) is 11.4. The van der Waals surface area contributed by atoms with Gasteiger partial charge in [-0.1, -0.05) is 19.1 Å². The number of rotatable bonds is 5. The Morgan fingerprint density at radius 3 is 2.78 bits per heavy atom. The molecule has 1 aromatic heterocycles. The number of allylic oxidation sites excluding steroid dienone is 2. The van der Waals surface area contributed by atoms with Crippen molar-refractivity contribution in [1.29, 1.82) is 0 Å². The van der Waals surface area contributed by atoms with Crippen LogP contribution in [-0.2, 0) is 0 Å². The van der Waals surface area contributed by atoms with Crippen LogP contribution in [0.15, 0.2) is 36.7 Å². The zero-order chi connectivity index (χ0) is 12.4. The van der Waals surface area contributed by atoms with Crippen molar-refractivity contribution in [3.8, 4) is 0 Å². The quantitative estimate of drug-likeness (QED) is 0.803. The summed E-state index contributed by atoms with van der Waals surface area (Å²) in [5.74, 6) is 3.20. The van der Waals surface area contributed by atoms with E-state index < -0.39 is 0 Å². The van der Waals surface area contributed by atoms with Gasteiger partial charge in [-0.15, -0.1) is 0 Å². The van der Waals surface area contributed by atoms with Crippen LogP contribution >= 0.6 is 0 Å². The fourth-order valence-electron chi connectivity index (χ4n) is 3.42. The van der Waals surface area contributed by atoms with E-state index in [1.54, 1.807) is 0 Å². The van der Waals surface area contributed by atoms with Gasteiger partial charge in [0.05, 0.1) is 0 Å².